The molecule has 0 bridgehead atoms. The standard InChI is InChI=1S/C16H15Br2NO/c1-9-6-11(3)15(14(18)7-9)19-16(20)12-5-4-10(2)13(17)8-12/h4-8H,1-3H3,(H,19,20). The maximum Gasteiger partial charge on any atom is 0.255 e. The van der Waals surface area contributed by atoms with Crippen LogP contribution in [0.25, 0.3) is 0 Å². The minimum atomic E-state index is -0.113. The third-order valence-corrected chi connectivity index (χ3v) is 4.58. The van der Waals surface area contributed by atoms with Crippen LogP contribution < -0.4 is 5.32 Å². The molecule has 20 heavy (non-hydrogen) atoms. The van der Waals surface area contributed by atoms with Crippen LogP contribution in [-0.2, 0) is 0 Å². The lowest BCUT2D eigenvalue weighted by molar-refractivity contribution is 0.102. The van der Waals surface area contributed by atoms with E-state index in [0.717, 1.165) is 31.3 Å². The monoisotopic (exact) mass is 395 g/mol. The molecule has 0 fully saturated rings. The molecule has 0 aromatic heterocycles. The summed E-state index contributed by atoms with van der Waals surface area (Å²) in [7, 11) is 0. The van der Waals surface area contributed by atoms with Crippen LogP contribution in [-0.4, -0.2) is 5.91 Å². The number of carbonyl (C=O) groups excluding carboxylic acids is 1. The maximum absolute atomic E-state index is 12.3. The third-order valence-electron chi connectivity index (χ3n) is 3.10. The summed E-state index contributed by atoms with van der Waals surface area (Å²) in [5.74, 6) is -0.113. The highest BCUT2D eigenvalue weighted by molar-refractivity contribution is 9.10. The molecule has 0 aliphatic carbocycles. The molecule has 1 N–H and O–H groups in total. The molecule has 2 aromatic rings. The van der Waals surface area contributed by atoms with Crippen LogP contribution in [0.15, 0.2) is 39.3 Å². The van der Waals surface area contributed by atoms with Crippen molar-refractivity contribution in [3.05, 3.63) is 61.5 Å². The number of rotatable bonds is 2. The van der Waals surface area contributed by atoms with E-state index in [9.17, 15) is 4.79 Å². The summed E-state index contributed by atoms with van der Waals surface area (Å²) in [4.78, 5) is 12.3. The SMILES string of the molecule is Cc1cc(C)c(NC(=O)c2ccc(C)c(Br)c2)c(Br)c1. The second kappa shape index (κ2) is 6.10. The summed E-state index contributed by atoms with van der Waals surface area (Å²) in [5.41, 5.74) is 4.75. The predicted octanol–water partition coefficient (Wildman–Crippen LogP) is 5.39. The first-order valence-electron chi connectivity index (χ1n) is 6.22. The topological polar surface area (TPSA) is 29.1 Å². The van der Waals surface area contributed by atoms with Crippen molar-refractivity contribution in [2.75, 3.05) is 5.32 Å². The van der Waals surface area contributed by atoms with Crippen LogP contribution >= 0.6 is 31.9 Å². The number of anilines is 1. The van der Waals surface area contributed by atoms with Crippen LogP contribution in [0.1, 0.15) is 27.0 Å². The number of nitrogens with one attached hydrogen (secondary N) is 1. The van der Waals surface area contributed by atoms with Crippen LogP contribution in [0.3, 0.4) is 0 Å². The Morgan fingerprint density at radius 2 is 1.65 bits per heavy atom. The van der Waals surface area contributed by atoms with E-state index in [4.69, 9.17) is 0 Å². The highest BCUT2D eigenvalue weighted by Crippen LogP contribution is 2.28. The molecule has 0 atom stereocenters. The van der Waals surface area contributed by atoms with Crippen LogP contribution in [0.2, 0.25) is 0 Å². The Balaban J connectivity index is 2.30. The van der Waals surface area contributed by atoms with Crippen molar-refractivity contribution in [2.24, 2.45) is 0 Å². The molecule has 2 rings (SSSR count). The molecule has 1 amide bonds. The fraction of sp³-hybridized carbons (Fsp3) is 0.188. The zero-order valence-electron chi connectivity index (χ0n) is 11.6. The van der Waals surface area contributed by atoms with E-state index in [0.29, 0.717) is 5.56 Å². The van der Waals surface area contributed by atoms with Gasteiger partial charge in [0.2, 0.25) is 0 Å². The normalized spacial score (nSPS) is 10.4. The first kappa shape index (κ1) is 15.3. The van der Waals surface area contributed by atoms with Gasteiger partial charge in [-0.3, -0.25) is 4.79 Å². The summed E-state index contributed by atoms with van der Waals surface area (Å²) < 4.78 is 1.83. The van der Waals surface area contributed by atoms with Gasteiger partial charge in [-0.05, 0) is 71.6 Å². The largest absolute Gasteiger partial charge is 0.321 e. The third kappa shape index (κ3) is 3.30. The Labute approximate surface area is 135 Å². The Bertz CT molecular complexity index is 657. The van der Waals surface area contributed by atoms with Crippen LogP contribution in [0.5, 0.6) is 0 Å². The lowest BCUT2D eigenvalue weighted by atomic mass is 10.1. The number of benzene rings is 2. The number of aryl methyl sites for hydroxylation is 3. The van der Waals surface area contributed by atoms with Gasteiger partial charge in [0.1, 0.15) is 0 Å². The lowest BCUT2D eigenvalue weighted by Gasteiger charge is -2.12. The molecule has 0 spiro atoms. The van der Waals surface area contributed by atoms with Crippen molar-refractivity contribution >= 4 is 43.5 Å². The first-order valence-corrected chi connectivity index (χ1v) is 7.81. The average molecular weight is 397 g/mol. The molecule has 0 saturated heterocycles. The molecular formula is C16H15Br2NO. The highest BCUT2D eigenvalue weighted by atomic mass is 79.9. The number of amides is 1. The highest BCUT2D eigenvalue weighted by Gasteiger charge is 2.11. The van der Waals surface area contributed by atoms with Gasteiger partial charge in [0.15, 0.2) is 0 Å². The number of carbonyl (C=O) groups is 1. The Morgan fingerprint density at radius 1 is 0.950 bits per heavy atom. The van der Waals surface area contributed by atoms with E-state index in [1.54, 1.807) is 0 Å². The maximum atomic E-state index is 12.3. The van der Waals surface area contributed by atoms with Crippen LogP contribution in [0.4, 0.5) is 5.69 Å². The Kier molecular flexibility index (Phi) is 4.66. The van der Waals surface area contributed by atoms with Gasteiger partial charge in [-0.25, -0.2) is 0 Å². The molecule has 104 valence electrons. The van der Waals surface area contributed by atoms with Crippen molar-refractivity contribution in [3.8, 4) is 0 Å². The van der Waals surface area contributed by atoms with E-state index >= 15 is 0 Å². The van der Waals surface area contributed by atoms with Crippen molar-refractivity contribution in [1.29, 1.82) is 0 Å². The van der Waals surface area contributed by atoms with Gasteiger partial charge in [-0.2, -0.15) is 0 Å². The zero-order chi connectivity index (χ0) is 14.9. The molecular weight excluding hydrogens is 382 g/mol. The second-order valence-electron chi connectivity index (χ2n) is 4.86. The van der Waals surface area contributed by atoms with Crippen LogP contribution in [0, 0.1) is 20.8 Å². The molecule has 0 saturated carbocycles. The van der Waals surface area contributed by atoms with Crippen molar-refractivity contribution in [3.63, 3.8) is 0 Å². The van der Waals surface area contributed by atoms with E-state index in [1.165, 1.54) is 0 Å². The summed E-state index contributed by atoms with van der Waals surface area (Å²) in [5, 5.41) is 2.96. The summed E-state index contributed by atoms with van der Waals surface area (Å²) in [6.45, 7) is 6.01. The molecule has 0 unspecified atom stereocenters. The van der Waals surface area contributed by atoms with Crippen molar-refractivity contribution in [1.82, 2.24) is 0 Å². The summed E-state index contributed by atoms with van der Waals surface area (Å²) >= 11 is 6.95. The zero-order valence-corrected chi connectivity index (χ0v) is 14.7. The van der Waals surface area contributed by atoms with Crippen molar-refractivity contribution < 1.29 is 4.79 Å². The Hall–Kier alpha value is -1.13. The quantitative estimate of drug-likeness (QED) is 0.724. The minimum absolute atomic E-state index is 0.113. The van der Waals surface area contributed by atoms with Gasteiger partial charge in [-0.15, -0.1) is 0 Å². The fourth-order valence-electron chi connectivity index (χ4n) is 1.99. The van der Waals surface area contributed by atoms with Gasteiger partial charge >= 0.3 is 0 Å². The molecule has 0 aliphatic heterocycles. The van der Waals surface area contributed by atoms with E-state index in [2.05, 4.69) is 37.2 Å². The molecule has 0 aliphatic rings. The molecule has 4 heteroatoms. The van der Waals surface area contributed by atoms with Gasteiger partial charge in [0.05, 0.1) is 5.69 Å². The fourth-order valence-corrected chi connectivity index (χ4v) is 3.15. The molecule has 2 nitrogen and oxygen atoms in total. The molecule has 0 heterocycles. The van der Waals surface area contributed by atoms with E-state index in [1.807, 2.05) is 51.1 Å². The van der Waals surface area contributed by atoms with Gasteiger partial charge in [0, 0.05) is 14.5 Å². The van der Waals surface area contributed by atoms with Gasteiger partial charge in [0.25, 0.3) is 5.91 Å². The smallest absolute Gasteiger partial charge is 0.255 e. The Morgan fingerprint density at radius 3 is 2.25 bits per heavy atom. The minimum Gasteiger partial charge on any atom is -0.321 e. The second-order valence-corrected chi connectivity index (χ2v) is 6.57. The summed E-state index contributed by atoms with van der Waals surface area (Å²) in [6.07, 6.45) is 0. The number of hydrogen-bond acceptors (Lipinski definition) is 1. The van der Waals surface area contributed by atoms with Crippen molar-refractivity contribution in [2.45, 2.75) is 20.8 Å². The lowest BCUT2D eigenvalue weighted by Crippen LogP contribution is -2.13. The number of hydrogen-bond donors (Lipinski definition) is 1. The van der Waals surface area contributed by atoms with E-state index < -0.39 is 0 Å². The van der Waals surface area contributed by atoms with Gasteiger partial charge < -0.3 is 5.32 Å². The summed E-state index contributed by atoms with van der Waals surface area (Å²) in [6, 6.07) is 9.63. The first-order chi connectivity index (χ1) is 9.38. The predicted molar refractivity (Wildman–Crippen MR) is 90.4 cm³/mol. The average Bonchev–Trinajstić information content (AvgIpc) is 2.36. The molecule has 0 radical (unpaired) electrons. The number of halogens is 2. The van der Waals surface area contributed by atoms with Gasteiger partial charge in [-0.1, -0.05) is 28.1 Å². The molecule has 2 aromatic carbocycles. The van der Waals surface area contributed by atoms with E-state index in [-0.39, 0.29) is 5.91 Å².